The quantitative estimate of drug-likeness (QED) is 0.792. The molecule has 0 bridgehead atoms. The minimum atomic E-state index is -3.80. The summed E-state index contributed by atoms with van der Waals surface area (Å²) < 4.78 is 25.7. The third-order valence-electron chi connectivity index (χ3n) is 2.81. The van der Waals surface area contributed by atoms with E-state index in [1.54, 1.807) is 42.6 Å². The van der Waals surface area contributed by atoms with Crippen molar-refractivity contribution >= 4 is 56.2 Å². The second-order valence-corrected chi connectivity index (χ2v) is 9.41. The SMILES string of the molecule is Cc1ccccc1S(=O)(=O)NC(c1cccs1)C(Cl)(Cl)Cl. The second kappa shape index (κ2) is 6.44. The van der Waals surface area contributed by atoms with Crippen LogP contribution in [-0.2, 0) is 10.0 Å². The summed E-state index contributed by atoms with van der Waals surface area (Å²) in [7, 11) is -3.80. The molecule has 2 aromatic rings. The van der Waals surface area contributed by atoms with Crippen LogP contribution >= 0.6 is 46.1 Å². The first-order chi connectivity index (χ1) is 9.72. The van der Waals surface area contributed by atoms with Crippen molar-refractivity contribution in [3.05, 3.63) is 52.2 Å². The van der Waals surface area contributed by atoms with Gasteiger partial charge in [-0.15, -0.1) is 11.3 Å². The van der Waals surface area contributed by atoms with E-state index in [2.05, 4.69) is 4.72 Å². The van der Waals surface area contributed by atoms with Gasteiger partial charge in [0.25, 0.3) is 0 Å². The highest BCUT2D eigenvalue weighted by atomic mass is 35.6. The van der Waals surface area contributed by atoms with Crippen LogP contribution in [0, 0.1) is 6.92 Å². The summed E-state index contributed by atoms with van der Waals surface area (Å²) in [5, 5.41) is 1.79. The molecule has 1 unspecified atom stereocenters. The molecule has 3 nitrogen and oxygen atoms in total. The molecule has 8 heteroatoms. The molecule has 1 heterocycles. The topological polar surface area (TPSA) is 46.2 Å². The van der Waals surface area contributed by atoms with Gasteiger partial charge in [-0.1, -0.05) is 59.1 Å². The fourth-order valence-electron chi connectivity index (χ4n) is 1.82. The second-order valence-electron chi connectivity index (χ2n) is 4.38. The van der Waals surface area contributed by atoms with Crippen molar-refractivity contribution in [3.63, 3.8) is 0 Å². The Morgan fingerprint density at radius 2 is 1.81 bits per heavy atom. The molecule has 0 aliphatic heterocycles. The van der Waals surface area contributed by atoms with E-state index >= 15 is 0 Å². The van der Waals surface area contributed by atoms with Crippen LogP contribution in [0.1, 0.15) is 16.5 Å². The van der Waals surface area contributed by atoms with Crippen molar-refractivity contribution in [2.75, 3.05) is 0 Å². The lowest BCUT2D eigenvalue weighted by Gasteiger charge is -2.24. The number of sulfonamides is 1. The van der Waals surface area contributed by atoms with Crippen molar-refractivity contribution in [2.45, 2.75) is 21.7 Å². The van der Waals surface area contributed by atoms with Gasteiger partial charge in [-0.3, -0.25) is 0 Å². The van der Waals surface area contributed by atoms with E-state index in [9.17, 15) is 8.42 Å². The van der Waals surface area contributed by atoms with E-state index in [-0.39, 0.29) is 4.90 Å². The molecule has 0 spiro atoms. The van der Waals surface area contributed by atoms with Gasteiger partial charge >= 0.3 is 0 Å². The molecule has 0 aliphatic rings. The molecule has 0 radical (unpaired) electrons. The van der Waals surface area contributed by atoms with E-state index in [0.717, 1.165) is 0 Å². The standard InChI is InChI=1S/C13H12Cl3NO2S2/c1-9-5-2-3-7-11(9)21(18,19)17-12(13(14,15)16)10-6-4-8-20-10/h2-8,12,17H,1H3. The number of aryl methyl sites for hydroxylation is 1. The Morgan fingerprint density at radius 1 is 1.14 bits per heavy atom. The molecule has 2 rings (SSSR count). The maximum atomic E-state index is 12.5. The zero-order valence-electron chi connectivity index (χ0n) is 10.9. The van der Waals surface area contributed by atoms with Gasteiger partial charge < -0.3 is 0 Å². The maximum Gasteiger partial charge on any atom is 0.241 e. The van der Waals surface area contributed by atoms with Crippen LogP contribution in [-0.4, -0.2) is 12.2 Å². The molecule has 21 heavy (non-hydrogen) atoms. The number of thiophene rings is 1. The number of alkyl halides is 3. The van der Waals surface area contributed by atoms with Crippen LogP contribution in [0.3, 0.4) is 0 Å². The Kier molecular flexibility index (Phi) is 5.23. The van der Waals surface area contributed by atoms with Gasteiger partial charge in [-0.25, -0.2) is 8.42 Å². The zero-order valence-corrected chi connectivity index (χ0v) is 14.8. The summed E-state index contributed by atoms with van der Waals surface area (Å²) in [6.07, 6.45) is 0. The highest BCUT2D eigenvalue weighted by Gasteiger charge is 2.38. The maximum absolute atomic E-state index is 12.5. The van der Waals surface area contributed by atoms with Gasteiger partial charge in [0.05, 0.1) is 4.90 Å². The van der Waals surface area contributed by atoms with Crippen LogP contribution in [0.4, 0.5) is 0 Å². The number of benzene rings is 1. The van der Waals surface area contributed by atoms with E-state index in [4.69, 9.17) is 34.8 Å². The Labute approximate surface area is 142 Å². The predicted octanol–water partition coefficient (Wildman–Crippen LogP) is 4.45. The molecule has 0 saturated heterocycles. The van der Waals surface area contributed by atoms with Crippen LogP contribution in [0.15, 0.2) is 46.7 Å². The summed E-state index contributed by atoms with van der Waals surface area (Å²) in [4.78, 5) is 0.799. The fourth-order valence-corrected chi connectivity index (χ4v) is 5.13. The lowest BCUT2D eigenvalue weighted by Crippen LogP contribution is -2.36. The van der Waals surface area contributed by atoms with Gasteiger partial charge in [0.15, 0.2) is 0 Å². The largest absolute Gasteiger partial charge is 0.241 e. The summed E-state index contributed by atoms with van der Waals surface area (Å²) in [5.74, 6) is 0. The summed E-state index contributed by atoms with van der Waals surface area (Å²) in [6, 6.07) is 9.18. The molecule has 0 fully saturated rings. The van der Waals surface area contributed by atoms with Crippen LogP contribution < -0.4 is 4.72 Å². The molecule has 1 aromatic carbocycles. The number of halogens is 3. The highest BCUT2D eigenvalue weighted by molar-refractivity contribution is 7.89. The predicted molar refractivity (Wildman–Crippen MR) is 88.9 cm³/mol. The van der Waals surface area contributed by atoms with E-state index in [1.807, 2.05) is 0 Å². The molecule has 0 amide bonds. The van der Waals surface area contributed by atoms with Crippen molar-refractivity contribution in [1.29, 1.82) is 0 Å². The smallest absolute Gasteiger partial charge is 0.207 e. The Morgan fingerprint density at radius 3 is 2.33 bits per heavy atom. The van der Waals surface area contributed by atoms with E-state index in [1.165, 1.54) is 17.4 Å². The van der Waals surface area contributed by atoms with Crippen LogP contribution in [0.2, 0.25) is 0 Å². The monoisotopic (exact) mass is 383 g/mol. The average molecular weight is 385 g/mol. The summed E-state index contributed by atoms with van der Waals surface area (Å²) in [5.41, 5.74) is 0.624. The third kappa shape index (κ3) is 4.12. The number of rotatable bonds is 4. The molecule has 1 atom stereocenters. The van der Waals surface area contributed by atoms with E-state index < -0.39 is 19.9 Å². The zero-order chi connectivity index (χ0) is 15.7. The normalized spacial score (nSPS) is 14.1. The van der Waals surface area contributed by atoms with Gasteiger partial charge in [-0.2, -0.15) is 4.72 Å². The summed E-state index contributed by atoms with van der Waals surface area (Å²) in [6.45, 7) is 1.71. The third-order valence-corrected chi connectivity index (χ3v) is 5.99. The van der Waals surface area contributed by atoms with Gasteiger partial charge in [0, 0.05) is 4.88 Å². The van der Waals surface area contributed by atoms with E-state index in [0.29, 0.717) is 10.4 Å². The van der Waals surface area contributed by atoms with Crippen molar-refractivity contribution < 1.29 is 8.42 Å². The highest BCUT2D eigenvalue weighted by Crippen LogP contribution is 2.42. The lowest BCUT2D eigenvalue weighted by atomic mass is 10.2. The fraction of sp³-hybridized carbons (Fsp3) is 0.231. The first kappa shape index (κ1) is 17.1. The number of hydrogen-bond donors (Lipinski definition) is 1. The lowest BCUT2D eigenvalue weighted by molar-refractivity contribution is 0.560. The van der Waals surface area contributed by atoms with Crippen molar-refractivity contribution in [3.8, 4) is 0 Å². The van der Waals surface area contributed by atoms with Crippen LogP contribution in [0.25, 0.3) is 0 Å². The summed E-state index contributed by atoms with van der Waals surface area (Å²) >= 11 is 19.1. The van der Waals surface area contributed by atoms with Gasteiger partial charge in [0.1, 0.15) is 6.04 Å². The first-order valence-electron chi connectivity index (χ1n) is 5.90. The molecule has 0 saturated carbocycles. The van der Waals surface area contributed by atoms with Crippen molar-refractivity contribution in [1.82, 2.24) is 4.72 Å². The van der Waals surface area contributed by atoms with Crippen LogP contribution in [0.5, 0.6) is 0 Å². The Balaban J connectivity index is 2.40. The minimum absolute atomic E-state index is 0.167. The molecular weight excluding hydrogens is 373 g/mol. The Bertz CT molecular complexity index is 709. The molecule has 114 valence electrons. The van der Waals surface area contributed by atoms with Gasteiger partial charge in [0.2, 0.25) is 13.8 Å². The Hall–Kier alpha value is -0.300. The average Bonchev–Trinajstić information content (AvgIpc) is 2.88. The number of hydrogen-bond acceptors (Lipinski definition) is 3. The molecule has 1 N–H and O–H groups in total. The number of nitrogens with one attached hydrogen (secondary N) is 1. The first-order valence-corrected chi connectivity index (χ1v) is 9.39. The van der Waals surface area contributed by atoms with Crippen molar-refractivity contribution in [2.24, 2.45) is 0 Å². The minimum Gasteiger partial charge on any atom is -0.207 e. The molecule has 0 aliphatic carbocycles. The molecular formula is C13H12Cl3NO2S2. The van der Waals surface area contributed by atoms with Gasteiger partial charge in [-0.05, 0) is 30.0 Å². The molecule has 1 aromatic heterocycles.